The number of aromatic nitrogens is 3. The molecule has 0 saturated carbocycles. The van der Waals surface area contributed by atoms with Gasteiger partial charge in [-0.1, -0.05) is 36.4 Å². The summed E-state index contributed by atoms with van der Waals surface area (Å²) in [6, 6.07) is 17.5. The Kier molecular flexibility index (Phi) is 5.57. The van der Waals surface area contributed by atoms with E-state index >= 15 is 0 Å². The molecule has 0 unspecified atom stereocenters. The number of nitrogens with one attached hydrogen (secondary N) is 1. The van der Waals surface area contributed by atoms with Gasteiger partial charge in [0.25, 0.3) is 11.5 Å². The zero-order valence-electron chi connectivity index (χ0n) is 16.2. The number of para-hydroxylation sites is 1. The van der Waals surface area contributed by atoms with Crippen molar-refractivity contribution in [2.75, 3.05) is 0 Å². The summed E-state index contributed by atoms with van der Waals surface area (Å²) in [5, 5.41) is 6.55. The second-order valence-corrected chi connectivity index (χ2v) is 6.62. The van der Waals surface area contributed by atoms with Crippen LogP contribution in [-0.2, 0) is 13.1 Å². The molecule has 0 bridgehead atoms. The van der Waals surface area contributed by atoms with E-state index in [1.807, 2.05) is 0 Å². The molecule has 0 aliphatic heterocycles. The first-order valence-corrected chi connectivity index (χ1v) is 9.38. The number of hydrogen-bond donors (Lipinski definition) is 1. The lowest BCUT2D eigenvalue weighted by atomic mass is 10.2. The number of hydrogen-bond acceptors (Lipinski definition) is 5. The summed E-state index contributed by atoms with van der Waals surface area (Å²) < 4.78 is 21.1. The van der Waals surface area contributed by atoms with Crippen LogP contribution in [0.1, 0.15) is 21.8 Å². The molecule has 8 nitrogen and oxygen atoms in total. The molecule has 1 amide bonds. The van der Waals surface area contributed by atoms with Gasteiger partial charge in [0.1, 0.15) is 11.6 Å². The average molecular weight is 420 g/mol. The molecule has 0 spiro atoms. The molecule has 2 aromatic heterocycles. The Morgan fingerprint density at radius 1 is 1.00 bits per heavy atom. The molecule has 31 heavy (non-hydrogen) atoms. The van der Waals surface area contributed by atoms with Gasteiger partial charge in [-0.05, 0) is 30.3 Å². The first-order valence-electron chi connectivity index (χ1n) is 9.38. The van der Waals surface area contributed by atoms with Crippen molar-refractivity contribution in [2.24, 2.45) is 0 Å². The number of rotatable bonds is 6. The van der Waals surface area contributed by atoms with Crippen molar-refractivity contribution in [2.45, 2.75) is 13.1 Å². The molecule has 0 aliphatic rings. The largest absolute Gasteiger partial charge is 0.467 e. The quantitative estimate of drug-likeness (QED) is 0.515. The molecule has 4 rings (SSSR count). The van der Waals surface area contributed by atoms with E-state index in [4.69, 9.17) is 4.42 Å². The molecular formula is C22H17FN4O4. The lowest BCUT2D eigenvalue weighted by molar-refractivity contribution is 0.0938. The van der Waals surface area contributed by atoms with Crippen LogP contribution in [-0.4, -0.2) is 20.3 Å². The monoisotopic (exact) mass is 420 g/mol. The second-order valence-electron chi connectivity index (χ2n) is 6.62. The highest BCUT2D eigenvalue weighted by atomic mass is 19.1. The topological polar surface area (TPSA) is 99.1 Å². The Bertz CT molecular complexity index is 1330. The molecule has 9 heteroatoms. The molecule has 156 valence electrons. The predicted octanol–water partition coefficient (Wildman–Crippen LogP) is 2.10. The van der Waals surface area contributed by atoms with Crippen molar-refractivity contribution in [3.05, 3.63) is 117 Å². The summed E-state index contributed by atoms with van der Waals surface area (Å²) in [6.07, 6.45) is 1.46. The Balaban J connectivity index is 1.80. The lowest BCUT2D eigenvalue weighted by Crippen LogP contribution is -2.46. The van der Waals surface area contributed by atoms with Crippen LogP contribution in [0.5, 0.6) is 0 Å². The van der Waals surface area contributed by atoms with Crippen LogP contribution in [0.2, 0.25) is 0 Å². The third-order valence-corrected chi connectivity index (χ3v) is 4.57. The fourth-order valence-corrected chi connectivity index (χ4v) is 3.00. The molecule has 4 aromatic rings. The van der Waals surface area contributed by atoms with Crippen molar-refractivity contribution in [1.82, 2.24) is 19.7 Å². The third kappa shape index (κ3) is 4.20. The number of carbonyl (C=O) groups excluding carboxylic acids is 1. The Morgan fingerprint density at radius 3 is 2.45 bits per heavy atom. The van der Waals surface area contributed by atoms with Crippen LogP contribution >= 0.6 is 0 Å². The van der Waals surface area contributed by atoms with Gasteiger partial charge in [0.05, 0.1) is 25.0 Å². The third-order valence-electron chi connectivity index (χ3n) is 4.57. The summed E-state index contributed by atoms with van der Waals surface area (Å²) in [6.45, 7) is -0.317. The fraction of sp³-hybridized carbons (Fsp3) is 0.0909. The highest BCUT2D eigenvalue weighted by molar-refractivity contribution is 5.91. The van der Waals surface area contributed by atoms with Crippen molar-refractivity contribution in [1.29, 1.82) is 0 Å². The van der Waals surface area contributed by atoms with Gasteiger partial charge in [-0.15, -0.1) is 0 Å². The van der Waals surface area contributed by atoms with Crippen LogP contribution in [0.15, 0.2) is 87.0 Å². The maximum atomic E-state index is 14.2. The van der Waals surface area contributed by atoms with E-state index < -0.39 is 28.7 Å². The average Bonchev–Trinajstić information content (AvgIpc) is 3.31. The normalized spacial score (nSPS) is 10.7. The SMILES string of the molecule is O=C(NCc1ccco1)c1nn(-c2ccccc2)c(=O)n(Cc2ccccc2F)c1=O. The van der Waals surface area contributed by atoms with Gasteiger partial charge in [-0.25, -0.2) is 9.18 Å². The maximum Gasteiger partial charge on any atom is 0.352 e. The summed E-state index contributed by atoms with van der Waals surface area (Å²) in [5.74, 6) is -0.870. The summed E-state index contributed by atoms with van der Waals surface area (Å²) in [5.41, 5.74) is -1.71. The molecule has 0 radical (unpaired) electrons. The van der Waals surface area contributed by atoms with E-state index in [0.717, 1.165) is 9.25 Å². The van der Waals surface area contributed by atoms with Crippen LogP contribution in [0.25, 0.3) is 5.69 Å². The minimum Gasteiger partial charge on any atom is -0.467 e. The van der Waals surface area contributed by atoms with Crippen molar-refractivity contribution in [3.63, 3.8) is 0 Å². The van der Waals surface area contributed by atoms with Gasteiger partial charge in [-0.3, -0.25) is 14.2 Å². The summed E-state index contributed by atoms with van der Waals surface area (Å²) in [4.78, 5) is 38.7. The molecule has 1 N–H and O–H groups in total. The number of furan rings is 1. The van der Waals surface area contributed by atoms with E-state index in [1.54, 1.807) is 48.5 Å². The fourth-order valence-electron chi connectivity index (χ4n) is 3.00. The van der Waals surface area contributed by atoms with E-state index in [1.165, 1.54) is 24.5 Å². The van der Waals surface area contributed by atoms with Gasteiger partial charge >= 0.3 is 5.69 Å². The standard InChI is InChI=1S/C22H17FN4O4/c23-18-11-5-4-7-15(18)14-26-21(29)19(20(28)24-13-17-10-6-12-31-17)25-27(22(26)30)16-8-2-1-3-9-16/h1-12H,13-14H2,(H,24,28). The van der Waals surface area contributed by atoms with Gasteiger partial charge in [0.2, 0.25) is 5.69 Å². The van der Waals surface area contributed by atoms with E-state index in [2.05, 4.69) is 10.4 Å². The van der Waals surface area contributed by atoms with Crippen molar-refractivity contribution < 1.29 is 13.6 Å². The van der Waals surface area contributed by atoms with Crippen LogP contribution in [0.4, 0.5) is 4.39 Å². The molecule has 2 heterocycles. The van der Waals surface area contributed by atoms with Crippen molar-refractivity contribution in [3.8, 4) is 5.69 Å². The van der Waals surface area contributed by atoms with Gasteiger partial charge < -0.3 is 9.73 Å². The highest BCUT2D eigenvalue weighted by Gasteiger charge is 2.21. The lowest BCUT2D eigenvalue weighted by Gasteiger charge is -2.12. The zero-order chi connectivity index (χ0) is 21.8. The van der Waals surface area contributed by atoms with Crippen LogP contribution in [0, 0.1) is 5.82 Å². The van der Waals surface area contributed by atoms with Gasteiger partial charge in [-0.2, -0.15) is 9.78 Å². The minimum atomic E-state index is -0.919. The zero-order valence-corrected chi connectivity index (χ0v) is 16.2. The smallest absolute Gasteiger partial charge is 0.352 e. The summed E-state index contributed by atoms with van der Waals surface area (Å²) in [7, 11) is 0. The number of halogens is 1. The molecule has 0 fully saturated rings. The Hall–Kier alpha value is -4.27. The predicted molar refractivity (Wildman–Crippen MR) is 109 cm³/mol. The number of benzene rings is 2. The molecule has 2 aromatic carbocycles. The number of amides is 1. The highest BCUT2D eigenvalue weighted by Crippen LogP contribution is 2.08. The van der Waals surface area contributed by atoms with Crippen molar-refractivity contribution >= 4 is 5.91 Å². The van der Waals surface area contributed by atoms with E-state index in [9.17, 15) is 18.8 Å². The first kappa shape index (κ1) is 20.0. The molecule has 0 atom stereocenters. The van der Waals surface area contributed by atoms with Crippen LogP contribution in [0.3, 0.4) is 0 Å². The van der Waals surface area contributed by atoms with E-state index in [-0.39, 0.29) is 18.7 Å². The molecule has 0 saturated heterocycles. The van der Waals surface area contributed by atoms with Gasteiger partial charge in [0.15, 0.2) is 0 Å². The molecular weight excluding hydrogens is 403 g/mol. The second kappa shape index (κ2) is 8.62. The Labute approximate surface area is 175 Å². The minimum absolute atomic E-state index is 0.0325. The van der Waals surface area contributed by atoms with Gasteiger partial charge in [0, 0.05) is 5.56 Å². The van der Waals surface area contributed by atoms with E-state index in [0.29, 0.717) is 11.4 Å². The number of nitrogens with zero attached hydrogens (tertiary/aromatic N) is 3. The first-order chi connectivity index (χ1) is 15.0. The summed E-state index contributed by atoms with van der Waals surface area (Å²) >= 11 is 0. The number of carbonyl (C=O) groups is 1. The Morgan fingerprint density at radius 2 is 1.74 bits per heavy atom. The maximum absolute atomic E-state index is 14.2. The molecule has 0 aliphatic carbocycles. The van der Waals surface area contributed by atoms with Crippen LogP contribution < -0.4 is 16.6 Å².